The van der Waals surface area contributed by atoms with Gasteiger partial charge < -0.3 is 10.1 Å². The minimum Gasteiger partial charge on any atom is -0.486 e. The third-order valence-corrected chi connectivity index (χ3v) is 5.88. The normalized spacial score (nSPS) is 11.3. The van der Waals surface area contributed by atoms with Gasteiger partial charge in [0.25, 0.3) is 0 Å². The molecule has 0 aliphatic heterocycles. The average molecular weight is 497 g/mol. The van der Waals surface area contributed by atoms with E-state index in [1.54, 1.807) is 28.8 Å². The molecule has 0 aliphatic rings. The van der Waals surface area contributed by atoms with Gasteiger partial charge in [0, 0.05) is 17.3 Å². The van der Waals surface area contributed by atoms with Crippen LogP contribution in [0.3, 0.4) is 0 Å². The lowest BCUT2D eigenvalue weighted by atomic mass is 10.2. The minimum atomic E-state index is -4.46. The number of alkyl halides is 3. The van der Waals surface area contributed by atoms with Gasteiger partial charge in [-0.3, -0.25) is 9.36 Å². The highest BCUT2D eigenvalue weighted by Gasteiger charge is 2.30. The Balaban J connectivity index is 1.65. The fourth-order valence-corrected chi connectivity index (χ4v) is 3.76. The zero-order valence-electron chi connectivity index (χ0n) is 17.5. The van der Waals surface area contributed by atoms with Crippen LogP contribution in [-0.4, -0.2) is 26.4 Å². The van der Waals surface area contributed by atoms with E-state index in [4.69, 9.17) is 16.3 Å². The summed E-state index contributed by atoms with van der Waals surface area (Å²) in [5.74, 6) is 0.264. The van der Waals surface area contributed by atoms with Crippen LogP contribution < -0.4 is 10.1 Å². The molecule has 1 aromatic heterocycles. The fourth-order valence-electron chi connectivity index (χ4n) is 2.81. The Bertz CT molecular complexity index is 1150. The number of carbonyl (C=O) groups is 1. The lowest BCUT2D eigenvalue weighted by molar-refractivity contribution is -0.137. The summed E-state index contributed by atoms with van der Waals surface area (Å²) in [5, 5.41) is 11.9. The van der Waals surface area contributed by atoms with E-state index >= 15 is 0 Å². The number of amides is 1. The van der Waals surface area contributed by atoms with Gasteiger partial charge in [-0.25, -0.2) is 0 Å². The van der Waals surface area contributed by atoms with Crippen molar-refractivity contribution in [2.45, 2.75) is 31.4 Å². The number of benzene rings is 2. The first kappa shape index (κ1) is 24.7. The van der Waals surface area contributed by atoms with E-state index in [1.807, 2.05) is 6.92 Å². The number of carbonyl (C=O) groups excluding carboxylic acids is 1. The maximum Gasteiger partial charge on any atom is 0.416 e. The lowest BCUT2D eigenvalue weighted by Gasteiger charge is -2.11. The summed E-state index contributed by atoms with van der Waals surface area (Å²) in [7, 11) is 0. The van der Waals surface area contributed by atoms with Gasteiger partial charge in [0.05, 0.1) is 11.3 Å². The van der Waals surface area contributed by atoms with E-state index in [9.17, 15) is 18.0 Å². The number of nitrogens with zero attached hydrogens (tertiary/aromatic N) is 3. The predicted molar refractivity (Wildman–Crippen MR) is 122 cm³/mol. The Hall–Kier alpha value is -2.98. The van der Waals surface area contributed by atoms with E-state index < -0.39 is 11.7 Å². The molecule has 3 aromatic rings. The van der Waals surface area contributed by atoms with Gasteiger partial charge in [0.2, 0.25) is 5.91 Å². The molecule has 174 valence electrons. The van der Waals surface area contributed by atoms with E-state index in [-0.39, 0.29) is 24.0 Å². The van der Waals surface area contributed by atoms with Crippen LogP contribution in [0.2, 0.25) is 5.02 Å². The number of nitrogens with one attached hydrogen (secondary N) is 1. The third-order valence-electron chi connectivity index (χ3n) is 4.51. The zero-order valence-corrected chi connectivity index (χ0v) is 19.1. The number of hydrogen-bond acceptors (Lipinski definition) is 5. The maximum atomic E-state index is 12.9. The molecule has 0 bridgehead atoms. The van der Waals surface area contributed by atoms with Gasteiger partial charge in [0.15, 0.2) is 11.0 Å². The second kappa shape index (κ2) is 10.8. The van der Waals surface area contributed by atoms with Crippen molar-refractivity contribution in [3.8, 4) is 5.75 Å². The molecule has 1 heterocycles. The van der Waals surface area contributed by atoms with Crippen LogP contribution in [0.4, 0.5) is 18.9 Å². The minimum absolute atomic E-state index is 0.0588. The quantitative estimate of drug-likeness (QED) is 0.301. The highest BCUT2D eigenvalue weighted by molar-refractivity contribution is 7.99. The molecule has 2 aromatic carbocycles. The molecule has 0 saturated heterocycles. The summed E-state index contributed by atoms with van der Waals surface area (Å²) in [4.78, 5) is 12.4. The second-order valence-corrected chi connectivity index (χ2v) is 8.21. The first-order valence-electron chi connectivity index (χ1n) is 9.70. The van der Waals surface area contributed by atoms with Crippen molar-refractivity contribution in [2.24, 2.45) is 0 Å². The van der Waals surface area contributed by atoms with Crippen LogP contribution in [0, 0.1) is 6.92 Å². The number of anilines is 1. The summed E-state index contributed by atoms with van der Waals surface area (Å²) in [6, 6.07) is 9.84. The van der Waals surface area contributed by atoms with Gasteiger partial charge in [-0.2, -0.15) is 13.2 Å². The summed E-state index contributed by atoms with van der Waals surface area (Å²) in [6.45, 7) is 5.75. The molecule has 1 amide bonds. The summed E-state index contributed by atoms with van der Waals surface area (Å²) >= 11 is 7.24. The number of hydrogen-bond donors (Lipinski definition) is 1. The Morgan fingerprint density at radius 2 is 2.03 bits per heavy atom. The molecule has 3 rings (SSSR count). The van der Waals surface area contributed by atoms with Crippen LogP contribution >= 0.6 is 23.4 Å². The van der Waals surface area contributed by atoms with Crippen LogP contribution in [0.25, 0.3) is 0 Å². The second-order valence-electron chi connectivity index (χ2n) is 6.86. The molecule has 0 radical (unpaired) electrons. The maximum absolute atomic E-state index is 12.9. The highest BCUT2D eigenvalue weighted by Crippen LogP contribution is 2.31. The Morgan fingerprint density at radius 3 is 2.76 bits per heavy atom. The summed E-state index contributed by atoms with van der Waals surface area (Å²) in [6.07, 6.45) is -2.84. The Kier molecular flexibility index (Phi) is 8.04. The van der Waals surface area contributed by atoms with Crippen molar-refractivity contribution in [3.63, 3.8) is 0 Å². The molecule has 0 unspecified atom stereocenters. The topological polar surface area (TPSA) is 69.0 Å². The number of ether oxygens (including phenoxy) is 1. The molecule has 1 N–H and O–H groups in total. The fraction of sp³-hybridized carbons (Fsp3) is 0.227. The largest absolute Gasteiger partial charge is 0.486 e. The van der Waals surface area contributed by atoms with Crippen LogP contribution in [0.5, 0.6) is 5.75 Å². The number of halogens is 4. The zero-order chi connectivity index (χ0) is 24.0. The van der Waals surface area contributed by atoms with Crippen LogP contribution in [0.1, 0.15) is 17.0 Å². The highest BCUT2D eigenvalue weighted by atomic mass is 35.5. The van der Waals surface area contributed by atoms with E-state index in [2.05, 4.69) is 22.1 Å². The van der Waals surface area contributed by atoms with E-state index in [1.165, 1.54) is 12.1 Å². The van der Waals surface area contributed by atoms with Crippen LogP contribution in [0.15, 0.2) is 60.3 Å². The van der Waals surface area contributed by atoms with Gasteiger partial charge in [0.1, 0.15) is 12.4 Å². The van der Waals surface area contributed by atoms with Gasteiger partial charge in [-0.05, 0) is 42.8 Å². The number of rotatable bonds is 9. The first-order valence-corrected chi connectivity index (χ1v) is 11.1. The standard InChI is InChI=1S/C22H20ClF3N4O2S/c1-3-10-30-19(12-32-16-7-4-6-15(11-16)22(24,25)26)28-29-21(30)33-13-20(31)27-18-9-5-8-17(23)14(18)2/h3-9,11H,1,10,12-13H2,2H3,(H,27,31). The lowest BCUT2D eigenvalue weighted by Crippen LogP contribution is -2.15. The average Bonchev–Trinajstić information content (AvgIpc) is 3.15. The molecule has 0 spiro atoms. The molecular formula is C22H20ClF3N4O2S. The van der Waals surface area contributed by atoms with Crippen LogP contribution in [-0.2, 0) is 24.1 Å². The van der Waals surface area contributed by atoms with Gasteiger partial charge >= 0.3 is 6.18 Å². The van der Waals surface area contributed by atoms with Crippen molar-refractivity contribution >= 4 is 35.0 Å². The molecule has 33 heavy (non-hydrogen) atoms. The van der Waals surface area contributed by atoms with Crippen molar-refractivity contribution in [1.82, 2.24) is 14.8 Å². The molecule has 0 atom stereocenters. The molecule has 0 aliphatic carbocycles. The molecular weight excluding hydrogens is 477 g/mol. The summed E-state index contributed by atoms with van der Waals surface area (Å²) < 4.78 is 45.9. The molecule has 11 heteroatoms. The van der Waals surface area contributed by atoms with Gasteiger partial charge in [-0.15, -0.1) is 16.8 Å². The molecule has 6 nitrogen and oxygen atoms in total. The Labute approximate surface area is 197 Å². The number of allylic oxidation sites excluding steroid dienone is 1. The van der Waals surface area contributed by atoms with Crippen molar-refractivity contribution in [3.05, 3.63) is 77.1 Å². The monoisotopic (exact) mass is 496 g/mol. The molecule has 0 fully saturated rings. The summed E-state index contributed by atoms with van der Waals surface area (Å²) in [5.41, 5.74) is 0.585. The van der Waals surface area contributed by atoms with Crippen molar-refractivity contribution in [1.29, 1.82) is 0 Å². The van der Waals surface area contributed by atoms with Crippen molar-refractivity contribution in [2.75, 3.05) is 11.1 Å². The Morgan fingerprint density at radius 1 is 1.27 bits per heavy atom. The number of aromatic nitrogens is 3. The van der Waals surface area contributed by atoms with Crippen molar-refractivity contribution < 1.29 is 22.7 Å². The molecule has 0 saturated carbocycles. The predicted octanol–water partition coefficient (Wildman–Crippen LogP) is 5.75. The third kappa shape index (κ3) is 6.52. The van der Waals surface area contributed by atoms with Gasteiger partial charge in [-0.1, -0.05) is 41.6 Å². The van der Waals surface area contributed by atoms with E-state index in [0.717, 1.165) is 29.5 Å². The first-order chi connectivity index (χ1) is 15.7. The number of thioether (sulfide) groups is 1. The smallest absolute Gasteiger partial charge is 0.416 e. The SMILES string of the molecule is C=CCn1c(COc2cccc(C(F)(F)F)c2)nnc1SCC(=O)Nc1cccc(Cl)c1C. The van der Waals surface area contributed by atoms with E-state index in [0.29, 0.717) is 28.2 Å².